The molecule has 2 aromatic rings. The van der Waals surface area contributed by atoms with Gasteiger partial charge in [0.2, 0.25) is 15.9 Å². The standard InChI is InChI=1S/C22H26ClN3O3S/c23-18-6-4-17(5-7-18)22(11-2-1-3-12-22)25-15-21(27)26-13-10-16-14-19(30(24,28)29)8-9-20(16)26/h4-9,14,25H,1-3,10-13,15H2,(H2,24,28,29). The Hall–Kier alpha value is -1.93. The molecule has 30 heavy (non-hydrogen) atoms. The highest BCUT2D eigenvalue weighted by Crippen LogP contribution is 2.38. The number of benzene rings is 2. The van der Waals surface area contributed by atoms with Crippen LogP contribution in [0, 0.1) is 0 Å². The molecule has 0 aromatic heterocycles. The number of nitrogens with two attached hydrogens (primary N) is 1. The van der Waals surface area contributed by atoms with Crippen molar-refractivity contribution in [3.63, 3.8) is 0 Å². The summed E-state index contributed by atoms with van der Waals surface area (Å²) in [7, 11) is -3.75. The molecular weight excluding hydrogens is 422 g/mol. The summed E-state index contributed by atoms with van der Waals surface area (Å²) >= 11 is 6.07. The largest absolute Gasteiger partial charge is 0.311 e. The molecule has 1 amide bonds. The SMILES string of the molecule is NS(=O)(=O)c1ccc2c(c1)CCN2C(=O)CNC1(c2ccc(Cl)cc2)CCCCC1. The predicted octanol–water partition coefficient (Wildman–Crippen LogP) is 3.33. The lowest BCUT2D eigenvalue weighted by molar-refractivity contribution is -0.118. The Kier molecular flexibility index (Phi) is 5.90. The summed E-state index contributed by atoms with van der Waals surface area (Å²) in [5.41, 5.74) is 2.54. The molecule has 2 aliphatic rings. The van der Waals surface area contributed by atoms with E-state index in [0.29, 0.717) is 18.0 Å². The minimum absolute atomic E-state index is 0.0176. The molecule has 1 fully saturated rings. The monoisotopic (exact) mass is 447 g/mol. The van der Waals surface area contributed by atoms with Crippen LogP contribution >= 0.6 is 11.6 Å². The Balaban J connectivity index is 1.51. The molecule has 0 atom stereocenters. The van der Waals surface area contributed by atoms with E-state index in [9.17, 15) is 13.2 Å². The summed E-state index contributed by atoms with van der Waals surface area (Å²) in [6.45, 7) is 0.761. The zero-order valence-electron chi connectivity index (χ0n) is 16.7. The fraction of sp³-hybridized carbons (Fsp3) is 0.409. The van der Waals surface area contributed by atoms with Crippen LogP contribution in [-0.2, 0) is 26.8 Å². The van der Waals surface area contributed by atoms with E-state index in [1.54, 1.807) is 17.0 Å². The van der Waals surface area contributed by atoms with E-state index >= 15 is 0 Å². The molecule has 3 N–H and O–H groups in total. The predicted molar refractivity (Wildman–Crippen MR) is 118 cm³/mol. The fourth-order valence-electron chi connectivity index (χ4n) is 4.65. The third kappa shape index (κ3) is 4.25. The average Bonchev–Trinajstić information content (AvgIpc) is 3.16. The molecular formula is C22H26ClN3O3S. The number of carbonyl (C=O) groups is 1. The van der Waals surface area contributed by atoms with Crippen molar-refractivity contribution >= 4 is 33.2 Å². The molecule has 0 spiro atoms. The summed E-state index contributed by atoms with van der Waals surface area (Å²) in [4.78, 5) is 14.9. The van der Waals surface area contributed by atoms with Gasteiger partial charge >= 0.3 is 0 Å². The molecule has 0 unspecified atom stereocenters. The van der Waals surface area contributed by atoms with Gasteiger partial charge in [0.1, 0.15) is 0 Å². The number of hydrogen-bond acceptors (Lipinski definition) is 4. The van der Waals surface area contributed by atoms with E-state index in [1.807, 2.05) is 24.3 Å². The number of hydrogen-bond donors (Lipinski definition) is 2. The van der Waals surface area contributed by atoms with Gasteiger partial charge in [0.25, 0.3) is 0 Å². The molecule has 4 rings (SSSR count). The molecule has 8 heteroatoms. The molecule has 2 aromatic carbocycles. The van der Waals surface area contributed by atoms with Crippen LogP contribution in [0.1, 0.15) is 43.2 Å². The average molecular weight is 448 g/mol. The molecule has 1 heterocycles. The third-order valence-electron chi connectivity index (χ3n) is 6.26. The van der Waals surface area contributed by atoms with Gasteiger partial charge in [0, 0.05) is 22.8 Å². The number of amides is 1. The van der Waals surface area contributed by atoms with Gasteiger partial charge in [-0.2, -0.15) is 0 Å². The maximum absolute atomic E-state index is 13.1. The molecule has 0 saturated heterocycles. The quantitative estimate of drug-likeness (QED) is 0.735. The molecule has 1 saturated carbocycles. The number of anilines is 1. The minimum atomic E-state index is -3.75. The Morgan fingerprint density at radius 3 is 2.47 bits per heavy atom. The van der Waals surface area contributed by atoms with Crippen molar-refractivity contribution < 1.29 is 13.2 Å². The topological polar surface area (TPSA) is 92.5 Å². The highest BCUT2D eigenvalue weighted by Gasteiger charge is 2.35. The molecule has 0 radical (unpaired) electrons. The normalized spacial score (nSPS) is 18.3. The lowest BCUT2D eigenvalue weighted by Crippen LogP contribution is -2.49. The Labute approximate surface area is 182 Å². The molecule has 1 aliphatic carbocycles. The smallest absolute Gasteiger partial charge is 0.240 e. The molecule has 160 valence electrons. The second-order valence-corrected chi connectivity index (χ2v) is 10.1. The summed E-state index contributed by atoms with van der Waals surface area (Å²) in [6.07, 6.45) is 6.02. The fourth-order valence-corrected chi connectivity index (χ4v) is 5.34. The number of halogens is 1. The van der Waals surface area contributed by atoms with Crippen LogP contribution in [0.3, 0.4) is 0 Å². The van der Waals surface area contributed by atoms with Crippen LogP contribution in [0.15, 0.2) is 47.4 Å². The van der Waals surface area contributed by atoms with Crippen molar-refractivity contribution in [2.45, 2.75) is 49.0 Å². The van der Waals surface area contributed by atoms with E-state index in [0.717, 1.165) is 36.9 Å². The van der Waals surface area contributed by atoms with Crippen LogP contribution < -0.4 is 15.4 Å². The minimum Gasteiger partial charge on any atom is -0.311 e. The number of nitrogens with zero attached hydrogens (tertiary/aromatic N) is 1. The van der Waals surface area contributed by atoms with Gasteiger partial charge in [-0.05, 0) is 60.7 Å². The van der Waals surface area contributed by atoms with Crippen molar-refractivity contribution in [2.24, 2.45) is 5.14 Å². The van der Waals surface area contributed by atoms with Gasteiger partial charge < -0.3 is 4.90 Å². The van der Waals surface area contributed by atoms with Gasteiger partial charge in [0.15, 0.2) is 0 Å². The second-order valence-electron chi connectivity index (χ2n) is 8.13. The number of sulfonamides is 1. The summed E-state index contributed by atoms with van der Waals surface area (Å²) in [5.74, 6) is -0.0176. The van der Waals surface area contributed by atoms with Gasteiger partial charge in [0.05, 0.1) is 11.4 Å². The first-order chi connectivity index (χ1) is 14.3. The van der Waals surface area contributed by atoms with Crippen molar-refractivity contribution in [2.75, 3.05) is 18.0 Å². The third-order valence-corrected chi connectivity index (χ3v) is 7.42. The zero-order valence-corrected chi connectivity index (χ0v) is 18.3. The van der Waals surface area contributed by atoms with Crippen LogP contribution in [0.4, 0.5) is 5.69 Å². The van der Waals surface area contributed by atoms with Gasteiger partial charge in [-0.1, -0.05) is 43.0 Å². The highest BCUT2D eigenvalue weighted by molar-refractivity contribution is 7.89. The van der Waals surface area contributed by atoms with Crippen molar-refractivity contribution in [3.8, 4) is 0 Å². The number of nitrogens with one attached hydrogen (secondary N) is 1. The number of rotatable bonds is 5. The Morgan fingerprint density at radius 1 is 1.10 bits per heavy atom. The highest BCUT2D eigenvalue weighted by atomic mass is 35.5. The summed E-state index contributed by atoms with van der Waals surface area (Å²) < 4.78 is 23.2. The van der Waals surface area contributed by atoms with E-state index < -0.39 is 10.0 Å². The Bertz CT molecular complexity index is 1050. The zero-order chi connectivity index (χ0) is 21.4. The second kappa shape index (κ2) is 8.30. The van der Waals surface area contributed by atoms with Crippen molar-refractivity contribution in [1.82, 2.24) is 5.32 Å². The molecule has 0 bridgehead atoms. The van der Waals surface area contributed by atoms with E-state index in [1.165, 1.54) is 18.1 Å². The van der Waals surface area contributed by atoms with Crippen molar-refractivity contribution in [3.05, 3.63) is 58.6 Å². The van der Waals surface area contributed by atoms with Crippen LogP contribution in [0.5, 0.6) is 0 Å². The lowest BCUT2D eigenvalue weighted by Gasteiger charge is -2.39. The summed E-state index contributed by atoms with van der Waals surface area (Å²) in [5, 5.41) is 9.49. The van der Waals surface area contributed by atoms with Crippen LogP contribution in [0.25, 0.3) is 0 Å². The van der Waals surface area contributed by atoms with E-state index in [4.69, 9.17) is 16.7 Å². The molecule has 1 aliphatic heterocycles. The van der Waals surface area contributed by atoms with E-state index in [-0.39, 0.29) is 22.9 Å². The number of primary sulfonamides is 1. The number of fused-ring (bicyclic) bond motifs is 1. The van der Waals surface area contributed by atoms with Gasteiger partial charge in [-0.3, -0.25) is 10.1 Å². The van der Waals surface area contributed by atoms with Crippen LogP contribution in [0.2, 0.25) is 5.02 Å². The van der Waals surface area contributed by atoms with Crippen molar-refractivity contribution in [1.29, 1.82) is 0 Å². The van der Waals surface area contributed by atoms with Gasteiger partial charge in [-0.25, -0.2) is 13.6 Å². The first-order valence-corrected chi connectivity index (χ1v) is 12.2. The van der Waals surface area contributed by atoms with E-state index in [2.05, 4.69) is 5.32 Å². The number of carbonyl (C=O) groups excluding carboxylic acids is 1. The van der Waals surface area contributed by atoms with Gasteiger partial charge in [-0.15, -0.1) is 0 Å². The van der Waals surface area contributed by atoms with Crippen LogP contribution in [-0.4, -0.2) is 27.4 Å². The first kappa shape index (κ1) is 21.3. The maximum Gasteiger partial charge on any atom is 0.240 e. The maximum atomic E-state index is 13.1. The first-order valence-electron chi connectivity index (χ1n) is 10.3. The summed E-state index contributed by atoms with van der Waals surface area (Å²) in [6, 6.07) is 12.6. The lowest BCUT2D eigenvalue weighted by atomic mass is 9.76. The Morgan fingerprint density at radius 2 is 1.80 bits per heavy atom. The molecule has 6 nitrogen and oxygen atoms in total.